The van der Waals surface area contributed by atoms with Gasteiger partial charge in [-0.3, -0.25) is 14.0 Å². The van der Waals surface area contributed by atoms with E-state index in [1.165, 1.54) is 12.1 Å². The van der Waals surface area contributed by atoms with Crippen molar-refractivity contribution in [3.05, 3.63) is 71.9 Å². The van der Waals surface area contributed by atoms with Crippen LogP contribution in [-0.2, 0) is 11.0 Å². The summed E-state index contributed by atoms with van der Waals surface area (Å²) in [4.78, 5) is 36.7. The standard InChI is InChI=1S/C26H23F3N6O3/c27-26(28,29)18-7-8-31-19(13-18)33-25(38)16-5-3-15(4-6-16)21-22-23(30)32-9-10-35(22)24(34-21)17-2-1-14(11-17)12-20(36)37/h3-10,13-14,17H,1-2,11-12H2,(H2,30,32)(H,36,37)(H,31,33,38)/t14?,17-/m1/s1. The van der Waals surface area contributed by atoms with E-state index in [-0.39, 0.29) is 35.5 Å². The number of carboxylic acids is 1. The molecule has 9 nitrogen and oxygen atoms in total. The van der Waals surface area contributed by atoms with Crippen LogP contribution in [0.15, 0.2) is 55.0 Å². The van der Waals surface area contributed by atoms with Crippen molar-refractivity contribution in [1.82, 2.24) is 19.4 Å². The summed E-state index contributed by atoms with van der Waals surface area (Å²) in [6.07, 6.45) is 2.21. The summed E-state index contributed by atoms with van der Waals surface area (Å²) in [7, 11) is 0. The van der Waals surface area contributed by atoms with Crippen LogP contribution in [0.1, 0.15) is 53.3 Å². The Balaban J connectivity index is 1.41. The van der Waals surface area contributed by atoms with Crippen molar-refractivity contribution in [1.29, 1.82) is 0 Å². The molecule has 0 saturated heterocycles. The number of amides is 1. The number of carbonyl (C=O) groups is 2. The molecule has 1 fully saturated rings. The average Bonchev–Trinajstić information content (AvgIpc) is 3.49. The quantitative estimate of drug-likeness (QED) is 0.323. The van der Waals surface area contributed by atoms with Crippen LogP contribution in [-0.4, -0.2) is 36.3 Å². The van der Waals surface area contributed by atoms with Gasteiger partial charge >= 0.3 is 12.1 Å². The number of aromatic nitrogens is 4. The Morgan fingerprint density at radius 2 is 1.87 bits per heavy atom. The first-order valence-corrected chi connectivity index (χ1v) is 11.9. The van der Waals surface area contributed by atoms with E-state index in [2.05, 4.69) is 15.3 Å². The number of imidazole rings is 1. The largest absolute Gasteiger partial charge is 0.481 e. The van der Waals surface area contributed by atoms with Gasteiger partial charge in [-0.15, -0.1) is 0 Å². The molecule has 1 aliphatic carbocycles. The molecule has 2 atom stereocenters. The van der Waals surface area contributed by atoms with Crippen molar-refractivity contribution in [3.8, 4) is 11.3 Å². The average molecular weight is 525 g/mol. The van der Waals surface area contributed by atoms with Gasteiger partial charge in [0.2, 0.25) is 0 Å². The van der Waals surface area contributed by atoms with Crippen molar-refractivity contribution in [2.45, 2.75) is 37.8 Å². The summed E-state index contributed by atoms with van der Waals surface area (Å²) in [6, 6.07) is 8.02. The van der Waals surface area contributed by atoms with Crippen LogP contribution in [0.25, 0.3) is 16.8 Å². The fourth-order valence-electron chi connectivity index (χ4n) is 4.96. The molecule has 3 heterocycles. The second-order valence-corrected chi connectivity index (χ2v) is 9.28. The third-order valence-corrected chi connectivity index (χ3v) is 6.73. The zero-order chi connectivity index (χ0) is 27.0. The molecule has 0 radical (unpaired) electrons. The van der Waals surface area contributed by atoms with E-state index in [9.17, 15) is 22.8 Å². The van der Waals surface area contributed by atoms with E-state index in [1.54, 1.807) is 24.5 Å². The molecule has 1 aromatic carbocycles. The molecule has 196 valence electrons. The summed E-state index contributed by atoms with van der Waals surface area (Å²) in [5, 5.41) is 11.5. The topological polar surface area (TPSA) is 136 Å². The van der Waals surface area contributed by atoms with Gasteiger partial charge in [0.15, 0.2) is 0 Å². The van der Waals surface area contributed by atoms with E-state index >= 15 is 0 Å². The second kappa shape index (κ2) is 9.77. The molecule has 1 unspecified atom stereocenters. The van der Waals surface area contributed by atoms with Crippen LogP contribution in [0.5, 0.6) is 0 Å². The van der Waals surface area contributed by atoms with Crippen LogP contribution in [0.3, 0.4) is 0 Å². The lowest BCUT2D eigenvalue weighted by atomic mass is 10.0. The Bertz CT molecular complexity index is 1520. The molecule has 12 heteroatoms. The minimum absolute atomic E-state index is 0.0624. The fourth-order valence-corrected chi connectivity index (χ4v) is 4.96. The van der Waals surface area contributed by atoms with E-state index in [0.29, 0.717) is 23.2 Å². The summed E-state index contributed by atoms with van der Waals surface area (Å²) >= 11 is 0. The van der Waals surface area contributed by atoms with E-state index in [1.807, 2.05) is 4.40 Å². The summed E-state index contributed by atoms with van der Waals surface area (Å²) in [5.41, 5.74) is 7.35. The monoisotopic (exact) mass is 524 g/mol. The highest BCUT2D eigenvalue weighted by Crippen LogP contribution is 2.41. The summed E-state index contributed by atoms with van der Waals surface area (Å²) in [5.74, 6) is -0.450. The molecule has 4 N–H and O–H groups in total. The molecule has 1 saturated carbocycles. The van der Waals surface area contributed by atoms with Gasteiger partial charge < -0.3 is 16.2 Å². The predicted molar refractivity (Wildman–Crippen MR) is 132 cm³/mol. The number of hydrogen-bond donors (Lipinski definition) is 3. The van der Waals surface area contributed by atoms with Gasteiger partial charge in [-0.25, -0.2) is 15.0 Å². The second-order valence-electron chi connectivity index (χ2n) is 9.28. The predicted octanol–water partition coefficient (Wildman–Crippen LogP) is 5.00. The molecule has 1 amide bonds. The van der Waals surface area contributed by atoms with Gasteiger partial charge in [-0.1, -0.05) is 12.1 Å². The molecule has 0 spiro atoms. The molecule has 1 aliphatic rings. The Morgan fingerprint density at radius 1 is 1.11 bits per heavy atom. The number of nitrogens with zero attached hydrogens (tertiary/aromatic N) is 4. The number of nitrogens with one attached hydrogen (secondary N) is 1. The molecular weight excluding hydrogens is 501 g/mol. The van der Waals surface area contributed by atoms with Crippen LogP contribution in [0.4, 0.5) is 24.8 Å². The Hall–Kier alpha value is -4.48. The lowest BCUT2D eigenvalue weighted by Crippen LogP contribution is -2.14. The maximum Gasteiger partial charge on any atom is 0.416 e. The third kappa shape index (κ3) is 5.01. The van der Waals surface area contributed by atoms with Crippen LogP contribution >= 0.6 is 0 Å². The Morgan fingerprint density at radius 3 is 2.58 bits per heavy atom. The Labute approximate surface area is 214 Å². The summed E-state index contributed by atoms with van der Waals surface area (Å²) in [6.45, 7) is 0. The fraction of sp³-hybridized carbons (Fsp3) is 0.269. The lowest BCUT2D eigenvalue weighted by Gasteiger charge is -2.09. The van der Waals surface area contributed by atoms with Crippen molar-refractivity contribution in [3.63, 3.8) is 0 Å². The van der Waals surface area contributed by atoms with Crippen LogP contribution in [0, 0.1) is 5.92 Å². The Kier molecular flexibility index (Phi) is 6.47. The maximum absolute atomic E-state index is 13.0. The lowest BCUT2D eigenvalue weighted by molar-refractivity contribution is -0.138. The highest BCUT2D eigenvalue weighted by molar-refractivity contribution is 6.04. The number of alkyl halides is 3. The highest BCUT2D eigenvalue weighted by atomic mass is 19.4. The van der Waals surface area contributed by atoms with Crippen LogP contribution < -0.4 is 11.1 Å². The van der Waals surface area contributed by atoms with Crippen molar-refractivity contribution in [2.75, 3.05) is 11.1 Å². The summed E-state index contributed by atoms with van der Waals surface area (Å²) < 4.78 is 40.8. The van der Waals surface area contributed by atoms with Crippen molar-refractivity contribution < 1.29 is 27.9 Å². The number of aliphatic carboxylic acids is 1. The molecule has 4 aromatic rings. The number of rotatable bonds is 6. The minimum atomic E-state index is -4.55. The van der Waals surface area contributed by atoms with Crippen molar-refractivity contribution in [2.24, 2.45) is 5.92 Å². The van der Waals surface area contributed by atoms with Gasteiger partial charge in [0.25, 0.3) is 5.91 Å². The normalized spacial score (nSPS) is 17.6. The molecule has 5 rings (SSSR count). The van der Waals surface area contributed by atoms with Gasteiger partial charge in [0.1, 0.15) is 28.7 Å². The number of hydrogen-bond acceptors (Lipinski definition) is 6. The zero-order valence-corrected chi connectivity index (χ0v) is 19.9. The van der Waals surface area contributed by atoms with Gasteiger partial charge in [0, 0.05) is 42.1 Å². The maximum atomic E-state index is 13.0. The molecule has 38 heavy (non-hydrogen) atoms. The number of benzene rings is 1. The van der Waals surface area contributed by atoms with Crippen molar-refractivity contribution >= 4 is 29.0 Å². The number of nitrogens with two attached hydrogens (primary N) is 1. The van der Waals surface area contributed by atoms with Crippen LogP contribution in [0.2, 0.25) is 0 Å². The number of fused-ring (bicyclic) bond motifs is 1. The number of pyridine rings is 1. The minimum Gasteiger partial charge on any atom is -0.481 e. The van der Waals surface area contributed by atoms with E-state index in [0.717, 1.165) is 37.0 Å². The SMILES string of the molecule is Nc1nccn2c([C@@H]3CCC(CC(=O)O)C3)nc(-c3ccc(C(=O)Nc4cc(C(F)(F)F)ccn4)cc3)c12. The first kappa shape index (κ1) is 25.2. The number of carboxylic acid groups (broad SMARTS) is 1. The smallest absolute Gasteiger partial charge is 0.416 e. The third-order valence-electron chi connectivity index (χ3n) is 6.73. The first-order chi connectivity index (χ1) is 18.1. The van der Waals surface area contributed by atoms with Gasteiger partial charge in [-0.05, 0) is 49.4 Å². The number of halogens is 3. The highest BCUT2D eigenvalue weighted by Gasteiger charge is 2.32. The first-order valence-electron chi connectivity index (χ1n) is 11.9. The molecule has 3 aromatic heterocycles. The number of carbonyl (C=O) groups excluding carboxylic acids is 1. The zero-order valence-electron chi connectivity index (χ0n) is 19.9. The number of nitrogen functional groups attached to an aromatic ring is 1. The number of anilines is 2. The van der Waals surface area contributed by atoms with E-state index in [4.69, 9.17) is 15.8 Å². The molecule has 0 bridgehead atoms. The molecular formula is C26H23F3N6O3. The van der Waals surface area contributed by atoms with Gasteiger partial charge in [-0.2, -0.15) is 13.2 Å². The van der Waals surface area contributed by atoms with E-state index < -0.39 is 23.6 Å². The van der Waals surface area contributed by atoms with Gasteiger partial charge in [0.05, 0.1) is 5.56 Å². The molecule has 0 aliphatic heterocycles.